The zero-order chi connectivity index (χ0) is 17.4. The summed E-state index contributed by atoms with van der Waals surface area (Å²) >= 11 is 0. The lowest BCUT2D eigenvalue weighted by atomic mass is 9.92. The highest BCUT2D eigenvalue weighted by Gasteiger charge is 2.28. The first-order valence-electron chi connectivity index (χ1n) is 9.77. The van der Waals surface area contributed by atoms with Crippen molar-refractivity contribution in [1.82, 2.24) is 0 Å². The van der Waals surface area contributed by atoms with Crippen molar-refractivity contribution in [3.05, 3.63) is 29.3 Å². The second-order valence-corrected chi connectivity index (χ2v) is 7.26. The number of hydrogen-bond donors (Lipinski definition) is 2. The van der Waals surface area contributed by atoms with E-state index in [1.165, 1.54) is 64.2 Å². The molecule has 1 heterocycles. The van der Waals surface area contributed by atoms with E-state index in [0.29, 0.717) is 17.5 Å². The van der Waals surface area contributed by atoms with E-state index in [4.69, 9.17) is 5.11 Å². The van der Waals surface area contributed by atoms with Gasteiger partial charge in [0.1, 0.15) is 0 Å². The van der Waals surface area contributed by atoms with Gasteiger partial charge < -0.3 is 10.4 Å². The maximum absolute atomic E-state index is 11.1. The van der Waals surface area contributed by atoms with Crippen molar-refractivity contribution in [3.8, 4) is 0 Å². The van der Waals surface area contributed by atoms with Crippen LogP contribution in [-0.4, -0.2) is 17.1 Å². The lowest BCUT2D eigenvalue weighted by Gasteiger charge is -2.16. The Morgan fingerprint density at radius 3 is 2.29 bits per heavy atom. The van der Waals surface area contributed by atoms with Crippen LogP contribution in [0.25, 0.3) is 0 Å². The van der Waals surface area contributed by atoms with Crippen LogP contribution in [-0.2, 0) is 0 Å². The van der Waals surface area contributed by atoms with Gasteiger partial charge in [-0.2, -0.15) is 0 Å². The number of unbranched alkanes of at least 4 members (excludes halogenated alkanes) is 8. The molecule has 0 fully saturated rings. The van der Waals surface area contributed by atoms with E-state index in [-0.39, 0.29) is 0 Å². The molecule has 3 heteroatoms. The molecule has 2 N–H and O–H groups in total. The van der Waals surface area contributed by atoms with Gasteiger partial charge in [0.25, 0.3) is 0 Å². The van der Waals surface area contributed by atoms with Crippen LogP contribution in [0.2, 0.25) is 0 Å². The van der Waals surface area contributed by atoms with Gasteiger partial charge in [-0.25, -0.2) is 4.79 Å². The number of carboxylic acid groups (broad SMARTS) is 1. The zero-order valence-corrected chi connectivity index (χ0v) is 15.3. The van der Waals surface area contributed by atoms with E-state index in [9.17, 15) is 4.79 Å². The predicted molar refractivity (Wildman–Crippen MR) is 101 cm³/mol. The number of rotatable bonds is 11. The van der Waals surface area contributed by atoms with Crippen molar-refractivity contribution >= 4 is 11.7 Å². The topological polar surface area (TPSA) is 49.3 Å². The van der Waals surface area contributed by atoms with E-state index in [2.05, 4.69) is 19.2 Å². The van der Waals surface area contributed by atoms with Crippen LogP contribution in [0.4, 0.5) is 5.69 Å². The third kappa shape index (κ3) is 5.25. The number of nitrogens with one attached hydrogen (secondary N) is 1. The molecule has 134 valence electrons. The molecule has 0 saturated heterocycles. The Bertz CT molecular complexity index is 527. The summed E-state index contributed by atoms with van der Waals surface area (Å²) in [7, 11) is 0. The number of anilines is 1. The molecule has 0 spiro atoms. The molecule has 24 heavy (non-hydrogen) atoms. The van der Waals surface area contributed by atoms with Crippen LogP contribution < -0.4 is 5.32 Å². The lowest BCUT2D eigenvalue weighted by molar-refractivity contribution is 0.0697. The first kappa shape index (κ1) is 18.8. The van der Waals surface area contributed by atoms with Crippen molar-refractivity contribution in [2.24, 2.45) is 0 Å². The first-order chi connectivity index (χ1) is 11.6. The van der Waals surface area contributed by atoms with Gasteiger partial charge in [0.2, 0.25) is 0 Å². The first-order valence-corrected chi connectivity index (χ1v) is 9.77. The highest BCUT2D eigenvalue weighted by atomic mass is 16.4. The Hall–Kier alpha value is -1.51. The van der Waals surface area contributed by atoms with Gasteiger partial charge in [0.05, 0.1) is 5.56 Å². The Morgan fingerprint density at radius 1 is 1.04 bits per heavy atom. The maximum Gasteiger partial charge on any atom is 0.335 e. The third-order valence-electron chi connectivity index (χ3n) is 5.35. The predicted octanol–water partition coefficient (Wildman–Crippen LogP) is 6.20. The molecule has 1 aromatic rings. The number of carbonyl (C=O) groups is 1. The number of hydrogen-bond acceptors (Lipinski definition) is 2. The summed E-state index contributed by atoms with van der Waals surface area (Å²) in [6, 6.07) is 5.91. The summed E-state index contributed by atoms with van der Waals surface area (Å²) < 4.78 is 0. The van der Waals surface area contributed by atoms with Crippen molar-refractivity contribution in [1.29, 1.82) is 0 Å². The molecule has 1 aliphatic rings. The van der Waals surface area contributed by atoms with Gasteiger partial charge >= 0.3 is 5.97 Å². The molecule has 0 aliphatic carbocycles. The Labute approximate surface area is 146 Å². The third-order valence-corrected chi connectivity index (χ3v) is 5.35. The molecule has 0 radical (unpaired) electrons. The molecule has 0 aromatic heterocycles. The van der Waals surface area contributed by atoms with E-state index < -0.39 is 5.97 Å². The van der Waals surface area contributed by atoms with Crippen LogP contribution in [0.15, 0.2) is 18.2 Å². The molecule has 0 amide bonds. The molecule has 3 nitrogen and oxygen atoms in total. The highest BCUT2D eigenvalue weighted by Crippen LogP contribution is 2.38. The quantitative estimate of drug-likeness (QED) is 0.474. The number of fused-ring (bicyclic) bond motifs is 1. The Kier molecular flexibility index (Phi) is 7.61. The fraction of sp³-hybridized carbons (Fsp3) is 0.667. The monoisotopic (exact) mass is 331 g/mol. The van der Waals surface area contributed by atoms with Crippen LogP contribution in [0.5, 0.6) is 0 Å². The van der Waals surface area contributed by atoms with Gasteiger partial charge in [-0.1, -0.05) is 71.6 Å². The van der Waals surface area contributed by atoms with Crippen LogP contribution in [0.1, 0.15) is 99.9 Å². The summed E-state index contributed by atoms with van der Waals surface area (Å²) in [4.78, 5) is 11.1. The second-order valence-electron chi connectivity index (χ2n) is 7.26. The fourth-order valence-corrected chi connectivity index (χ4v) is 3.74. The average molecular weight is 332 g/mol. The molecular weight excluding hydrogens is 298 g/mol. The van der Waals surface area contributed by atoms with Gasteiger partial charge in [-0.05, 0) is 30.2 Å². The zero-order valence-electron chi connectivity index (χ0n) is 15.3. The molecular formula is C21H33NO2. The van der Waals surface area contributed by atoms with Gasteiger partial charge in [0.15, 0.2) is 0 Å². The van der Waals surface area contributed by atoms with Crippen molar-refractivity contribution in [3.63, 3.8) is 0 Å². The van der Waals surface area contributed by atoms with Crippen molar-refractivity contribution < 1.29 is 9.90 Å². The van der Waals surface area contributed by atoms with Crippen LogP contribution >= 0.6 is 0 Å². The average Bonchev–Trinajstić information content (AvgIpc) is 2.89. The fourth-order valence-electron chi connectivity index (χ4n) is 3.74. The van der Waals surface area contributed by atoms with E-state index in [1.807, 2.05) is 12.1 Å². The Morgan fingerprint density at radius 2 is 1.67 bits per heavy atom. The molecule has 0 unspecified atom stereocenters. The largest absolute Gasteiger partial charge is 0.478 e. The molecule has 1 aliphatic heterocycles. The molecule has 2 atom stereocenters. The highest BCUT2D eigenvalue weighted by molar-refractivity contribution is 5.89. The van der Waals surface area contributed by atoms with E-state index in [0.717, 1.165) is 11.3 Å². The van der Waals surface area contributed by atoms with E-state index in [1.54, 1.807) is 6.07 Å². The number of carboxylic acids is 1. The minimum Gasteiger partial charge on any atom is -0.478 e. The Balaban J connectivity index is 1.65. The molecule has 1 aromatic carbocycles. The maximum atomic E-state index is 11.1. The number of aromatic carboxylic acids is 1. The second kappa shape index (κ2) is 9.71. The summed E-state index contributed by atoms with van der Waals surface area (Å²) in [6.45, 7) is 4.47. The van der Waals surface area contributed by atoms with Gasteiger partial charge in [0, 0.05) is 17.6 Å². The summed E-state index contributed by atoms with van der Waals surface area (Å²) in [5.41, 5.74) is 2.68. The van der Waals surface area contributed by atoms with Gasteiger partial charge in [-0.15, -0.1) is 0 Å². The van der Waals surface area contributed by atoms with Crippen LogP contribution in [0.3, 0.4) is 0 Å². The lowest BCUT2D eigenvalue weighted by Crippen LogP contribution is -2.18. The summed E-state index contributed by atoms with van der Waals surface area (Å²) in [5.74, 6) is -0.444. The molecule has 0 saturated carbocycles. The number of benzene rings is 1. The van der Waals surface area contributed by atoms with Crippen LogP contribution in [0, 0.1) is 0 Å². The van der Waals surface area contributed by atoms with Crippen molar-refractivity contribution in [2.75, 3.05) is 5.32 Å². The minimum atomic E-state index is -0.840. The normalized spacial score (nSPS) is 19.1. The SMILES string of the molecule is CCCCCCCCCCC[C@H]1Nc2ccc(C(=O)O)cc2[C@H]1C. The van der Waals surface area contributed by atoms with Crippen molar-refractivity contribution in [2.45, 2.75) is 90.0 Å². The minimum absolute atomic E-state index is 0.395. The summed E-state index contributed by atoms with van der Waals surface area (Å²) in [5, 5.41) is 12.7. The molecule has 0 bridgehead atoms. The standard InChI is InChI=1S/C21H33NO2/c1-3-4-5-6-7-8-9-10-11-12-19-16(2)18-15-17(21(23)24)13-14-20(18)22-19/h13-16,19,22H,3-12H2,1-2H3,(H,23,24)/t16-,19-/m1/s1. The van der Waals surface area contributed by atoms with E-state index >= 15 is 0 Å². The smallest absolute Gasteiger partial charge is 0.335 e. The molecule has 2 rings (SSSR count). The van der Waals surface area contributed by atoms with Gasteiger partial charge in [-0.3, -0.25) is 0 Å². The summed E-state index contributed by atoms with van der Waals surface area (Å²) in [6.07, 6.45) is 13.4.